The predicted molar refractivity (Wildman–Crippen MR) is 70.9 cm³/mol. The Balaban J connectivity index is 2.84. The number of benzene rings is 1. The zero-order valence-electron chi connectivity index (χ0n) is 9.82. The van der Waals surface area contributed by atoms with Gasteiger partial charge >= 0.3 is 5.97 Å². The molecule has 0 amide bonds. The molecule has 0 saturated carbocycles. The second-order valence-electron chi connectivity index (χ2n) is 3.81. The number of aliphatic carboxylic acids is 1. The molecule has 0 saturated heterocycles. The average molecular weight is 254 g/mol. The first-order chi connectivity index (χ1) is 8.04. The van der Waals surface area contributed by atoms with Gasteiger partial charge < -0.3 is 10.0 Å². The van der Waals surface area contributed by atoms with Gasteiger partial charge in [-0.2, -0.15) is 0 Å². The first-order valence-electron chi connectivity index (χ1n) is 5.38. The van der Waals surface area contributed by atoms with Crippen molar-refractivity contribution in [3.05, 3.63) is 41.4 Å². The summed E-state index contributed by atoms with van der Waals surface area (Å²) in [6.45, 7) is 6.65. The van der Waals surface area contributed by atoms with Crippen LogP contribution < -0.4 is 4.90 Å². The van der Waals surface area contributed by atoms with Crippen LogP contribution in [0.1, 0.15) is 12.0 Å². The van der Waals surface area contributed by atoms with E-state index in [0.29, 0.717) is 18.1 Å². The molecule has 0 atom stereocenters. The summed E-state index contributed by atoms with van der Waals surface area (Å²) < 4.78 is 0. The fourth-order valence-electron chi connectivity index (χ4n) is 1.49. The van der Waals surface area contributed by atoms with Gasteiger partial charge in [0, 0.05) is 23.8 Å². The molecule has 0 aliphatic carbocycles. The van der Waals surface area contributed by atoms with Crippen LogP contribution in [0.2, 0.25) is 5.02 Å². The molecule has 92 valence electrons. The Morgan fingerprint density at radius 3 is 2.82 bits per heavy atom. The lowest BCUT2D eigenvalue weighted by atomic mass is 10.2. The van der Waals surface area contributed by atoms with E-state index < -0.39 is 5.97 Å². The Hall–Kier alpha value is -1.48. The van der Waals surface area contributed by atoms with E-state index in [0.717, 1.165) is 11.3 Å². The van der Waals surface area contributed by atoms with Crippen molar-refractivity contribution in [3.8, 4) is 0 Å². The molecule has 0 aliphatic heterocycles. The third-order valence-corrected chi connectivity index (χ3v) is 2.87. The van der Waals surface area contributed by atoms with E-state index >= 15 is 0 Å². The van der Waals surface area contributed by atoms with E-state index in [1.165, 1.54) is 0 Å². The summed E-state index contributed by atoms with van der Waals surface area (Å²) in [6, 6.07) is 5.71. The number of carboxylic acids is 1. The molecule has 1 rings (SSSR count). The monoisotopic (exact) mass is 253 g/mol. The van der Waals surface area contributed by atoms with Gasteiger partial charge in [0.1, 0.15) is 0 Å². The van der Waals surface area contributed by atoms with Gasteiger partial charge in [-0.3, -0.25) is 4.79 Å². The lowest BCUT2D eigenvalue weighted by Gasteiger charge is -2.23. The van der Waals surface area contributed by atoms with E-state index in [1.807, 2.05) is 30.0 Å². The van der Waals surface area contributed by atoms with Crippen LogP contribution in [0.25, 0.3) is 0 Å². The molecule has 0 heterocycles. The molecule has 3 nitrogen and oxygen atoms in total. The highest BCUT2D eigenvalue weighted by Crippen LogP contribution is 2.23. The maximum Gasteiger partial charge on any atom is 0.305 e. The summed E-state index contributed by atoms with van der Waals surface area (Å²) in [6.07, 6.45) is 1.84. The Morgan fingerprint density at radius 2 is 2.29 bits per heavy atom. The summed E-state index contributed by atoms with van der Waals surface area (Å²) in [7, 11) is 0. The zero-order chi connectivity index (χ0) is 12.8. The third kappa shape index (κ3) is 4.11. The fourth-order valence-corrected chi connectivity index (χ4v) is 1.67. The van der Waals surface area contributed by atoms with Crippen LogP contribution in [0, 0.1) is 6.92 Å². The number of rotatable bonds is 6. The van der Waals surface area contributed by atoms with Crippen molar-refractivity contribution in [2.45, 2.75) is 13.3 Å². The van der Waals surface area contributed by atoms with Crippen LogP contribution in [0.15, 0.2) is 30.9 Å². The first-order valence-corrected chi connectivity index (χ1v) is 5.76. The normalized spacial score (nSPS) is 10.0. The molecule has 0 aliphatic rings. The van der Waals surface area contributed by atoms with Gasteiger partial charge in [0.2, 0.25) is 0 Å². The fraction of sp³-hybridized carbons (Fsp3) is 0.308. The number of carboxylic acid groups (broad SMARTS) is 1. The highest BCUT2D eigenvalue weighted by molar-refractivity contribution is 6.31. The molecule has 1 aromatic carbocycles. The summed E-state index contributed by atoms with van der Waals surface area (Å²) in [4.78, 5) is 12.5. The minimum atomic E-state index is -0.808. The lowest BCUT2D eigenvalue weighted by molar-refractivity contribution is -0.136. The molecule has 0 radical (unpaired) electrons. The van der Waals surface area contributed by atoms with Crippen molar-refractivity contribution in [2.24, 2.45) is 0 Å². The molecular formula is C13H16ClNO2. The highest BCUT2D eigenvalue weighted by Gasteiger charge is 2.08. The molecule has 0 spiro atoms. The Kier molecular flexibility index (Phi) is 5.04. The summed E-state index contributed by atoms with van der Waals surface area (Å²) in [5.41, 5.74) is 1.92. The number of aryl methyl sites for hydroxylation is 1. The van der Waals surface area contributed by atoms with Crippen molar-refractivity contribution >= 4 is 23.3 Å². The van der Waals surface area contributed by atoms with E-state index in [-0.39, 0.29) is 6.42 Å². The Morgan fingerprint density at radius 1 is 1.59 bits per heavy atom. The first kappa shape index (κ1) is 13.6. The van der Waals surface area contributed by atoms with Gasteiger partial charge in [-0.25, -0.2) is 0 Å². The van der Waals surface area contributed by atoms with Crippen molar-refractivity contribution < 1.29 is 9.90 Å². The van der Waals surface area contributed by atoms with Gasteiger partial charge in [0.15, 0.2) is 0 Å². The molecule has 0 unspecified atom stereocenters. The third-order valence-electron chi connectivity index (χ3n) is 2.47. The Bertz CT molecular complexity index is 418. The summed E-state index contributed by atoms with van der Waals surface area (Å²) >= 11 is 6.05. The largest absolute Gasteiger partial charge is 0.481 e. The minimum Gasteiger partial charge on any atom is -0.481 e. The number of anilines is 1. The molecule has 4 heteroatoms. The molecule has 17 heavy (non-hydrogen) atoms. The molecule has 1 aromatic rings. The Labute approximate surface area is 106 Å². The van der Waals surface area contributed by atoms with E-state index in [4.69, 9.17) is 16.7 Å². The summed E-state index contributed by atoms with van der Waals surface area (Å²) in [5.74, 6) is -0.808. The number of hydrogen-bond acceptors (Lipinski definition) is 2. The zero-order valence-corrected chi connectivity index (χ0v) is 10.6. The van der Waals surface area contributed by atoms with Crippen LogP contribution in [0.4, 0.5) is 5.69 Å². The smallest absolute Gasteiger partial charge is 0.305 e. The van der Waals surface area contributed by atoms with Gasteiger partial charge in [-0.15, -0.1) is 6.58 Å². The quantitative estimate of drug-likeness (QED) is 0.792. The SMILES string of the molecule is C=CCN(CCC(=O)O)c1ccc(C)c(Cl)c1. The lowest BCUT2D eigenvalue weighted by Crippen LogP contribution is -2.26. The van der Waals surface area contributed by atoms with E-state index in [2.05, 4.69) is 6.58 Å². The number of hydrogen-bond donors (Lipinski definition) is 1. The van der Waals surface area contributed by atoms with Crippen LogP contribution >= 0.6 is 11.6 Å². The van der Waals surface area contributed by atoms with Crippen LogP contribution in [-0.4, -0.2) is 24.2 Å². The topological polar surface area (TPSA) is 40.5 Å². The predicted octanol–water partition coefficient (Wildman–Crippen LogP) is 3.12. The maximum absolute atomic E-state index is 10.6. The van der Waals surface area contributed by atoms with Crippen molar-refractivity contribution in [1.82, 2.24) is 0 Å². The second kappa shape index (κ2) is 6.30. The van der Waals surface area contributed by atoms with Crippen molar-refractivity contribution in [2.75, 3.05) is 18.0 Å². The van der Waals surface area contributed by atoms with Crippen LogP contribution in [0.3, 0.4) is 0 Å². The molecular weight excluding hydrogens is 238 g/mol. The summed E-state index contributed by atoms with van der Waals surface area (Å²) in [5, 5.41) is 9.38. The van der Waals surface area contributed by atoms with E-state index in [9.17, 15) is 4.79 Å². The van der Waals surface area contributed by atoms with Crippen LogP contribution in [0.5, 0.6) is 0 Å². The molecule has 1 N–H and O–H groups in total. The van der Waals surface area contributed by atoms with Gasteiger partial charge in [-0.05, 0) is 24.6 Å². The maximum atomic E-state index is 10.6. The molecule has 0 aromatic heterocycles. The van der Waals surface area contributed by atoms with Crippen LogP contribution in [-0.2, 0) is 4.79 Å². The number of halogens is 1. The minimum absolute atomic E-state index is 0.0966. The molecule has 0 bridgehead atoms. The molecule has 0 fully saturated rings. The number of carbonyl (C=O) groups is 1. The van der Waals surface area contributed by atoms with E-state index in [1.54, 1.807) is 6.08 Å². The second-order valence-corrected chi connectivity index (χ2v) is 4.22. The van der Waals surface area contributed by atoms with Gasteiger partial charge in [0.25, 0.3) is 0 Å². The van der Waals surface area contributed by atoms with Crippen molar-refractivity contribution in [1.29, 1.82) is 0 Å². The highest BCUT2D eigenvalue weighted by atomic mass is 35.5. The number of nitrogens with zero attached hydrogens (tertiary/aromatic N) is 1. The van der Waals surface area contributed by atoms with Gasteiger partial charge in [0.05, 0.1) is 6.42 Å². The van der Waals surface area contributed by atoms with Gasteiger partial charge in [-0.1, -0.05) is 23.7 Å². The average Bonchev–Trinajstić information content (AvgIpc) is 2.28. The standard InChI is InChI=1S/C13H16ClNO2/c1-3-7-15(8-6-13(16)17)11-5-4-10(2)12(14)9-11/h3-5,9H,1,6-8H2,2H3,(H,16,17). The van der Waals surface area contributed by atoms with Crippen molar-refractivity contribution in [3.63, 3.8) is 0 Å².